The van der Waals surface area contributed by atoms with Crippen molar-refractivity contribution in [2.45, 2.75) is 46.1 Å². The first kappa shape index (κ1) is 21.9. The van der Waals surface area contributed by atoms with Crippen molar-refractivity contribution in [3.63, 3.8) is 0 Å². The topological polar surface area (TPSA) is 104 Å². The van der Waals surface area contributed by atoms with Crippen molar-refractivity contribution in [2.75, 3.05) is 18.4 Å². The molecule has 2 heterocycles. The number of nitrogens with zero attached hydrogens (tertiary/aromatic N) is 3. The minimum atomic E-state index is -0.393. The first-order chi connectivity index (χ1) is 14.4. The predicted octanol–water partition coefficient (Wildman–Crippen LogP) is 2.87. The summed E-state index contributed by atoms with van der Waals surface area (Å²) in [6.07, 6.45) is 2.13. The van der Waals surface area contributed by atoms with E-state index in [1.807, 2.05) is 45.0 Å². The molecule has 1 unspecified atom stereocenters. The van der Waals surface area contributed by atoms with Crippen LogP contribution in [0, 0.1) is 12.8 Å². The van der Waals surface area contributed by atoms with E-state index in [1.165, 1.54) is 0 Å². The normalized spacial score (nSPS) is 15.5. The van der Waals surface area contributed by atoms with Crippen LogP contribution in [0.25, 0.3) is 0 Å². The Hall–Kier alpha value is -2.81. The average Bonchev–Trinajstić information content (AvgIpc) is 3.25. The number of anilines is 1. The number of hydrogen-bond acceptors (Lipinski definition) is 6. The number of amides is 3. The second-order valence-corrected chi connectivity index (χ2v) is 8.59. The van der Waals surface area contributed by atoms with E-state index in [9.17, 15) is 14.4 Å². The number of benzene rings is 1. The minimum Gasteiger partial charge on any atom is -0.353 e. The minimum absolute atomic E-state index is 0.0578. The maximum atomic E-state index is 12.7. The highest BCUT2D eigenvalue weighted by molar-refractivity contribution is 7.15. The number of carbonyl (C=O) groups is 3. The fraction of sp³-hybridized carbons (Fsp3) is 0.476. The third kappa shape index (κ3) is 5.41. The van der Waals surface area contributed by atoms with Gasteiger partial charge in [0, 0.05) is 30.7 Å². The van der Waals surface area contributed by atoms with Gasteiger partial charge in [-0.1, -0.05) is 36.0 Å². The van der Waals surface area contributed by atoms with Gasteiger partial charge in [-0.15, -0.1) is 10.2 Å². The molecule has 1 atom stereocenters. The number of aromatic nitrogens is 2. The lowest BCUT2D eigenvalue weighted by molar-refractivity contribution is -0.126. The van der Waals surface area contributed by atoms with Crippen molar-refractivity contribution in [1.82, 2.24) is 20.4 Å². The quantitative estimate of drug-likeness (QED) is 0.735. The van der Waals surface area contributed by atoms with Crippen molar-refractivity contribution in [1.29, 1.82) is 0 Å². The molecule has 0 bridgehead atoms. The molecule has 0 radical (unpaired) electrons. The molecule has 8 nitrogen and oxygen atoms in total. The summed E-state index contributed by atoms with van der Waals surface area (Å²) in [5.41, 5.74) is 1.75. The molecule has 9 heteroatoms. The number of nitrogens with one attached hydrogen (secondary N) is 2. The second-order valence-electron chi connectivity index (χ2n) is 7.62. The molecule has 0 spiro atoms. The first-order valence-corrected chi connectivity index (χ1v) is 11.0. The number of piperidine rings is 1. The molecular weight excluding hydrogens is 402 g/mol. The predicted molar refractivity (Wildman–Crippen MR) is 116 cm³/mol. The lowest BCUT2D eigenvalue weighted by atomic mass is 9.95. The summed E-state index contributed by atoms with van der Waals surface area (Å²) in [5, 5.41) is 13.9. The van der Waals surface area contributed by atoms with E-state index in [4.69, 9.17) is 0 Å². The summed E-state index contributed by atoms with van der Waals surface area (Å²) in [6.45, 7) is 6.96. The summed E-state index contributed by atoms with van der Waals surface area (Å²) in [4.78, 5) is 39.1. The van der Waals surface area contributed by atoms with Gasteiger partial charge in [0.15, 0.2) is 0 Å². The number of rotatable bonds is 6. The third-order valence-corrected chi connectivity index (χ3v) is 6.18. The van der Waals surface area contributed by atoms with E-state index in [0.29, 0.717) is 31.6 Å². The molecule has 2 aromatic rings. The van der Waals surface area contributed by atoms with Crippen LogP contribution in [0.2, 0.25) is 0 Å². The number of aryl methyl sites for hydroxylation is 1. The molecule has 1 saturated heterocycles. The molecule has 3 amide bonds. The number of carbonyl (C=O) groups excluding carboxylic acids is 3. The zero-order valence-corrected chi connectivity index (χ0v) is 18.3. The molecule has 1 aliphatic heterocycles. The lowest BCUT2D eigenvalue weighted by Crippen LogP contribution is -2.44. The smallest absolute Gasteiger partial charge is 0.286 e. The maximum absolute atomic E-state index is 12.7. The van der Waals surface area contributed by atoms with Crippen LogP contribution in [0.1, 0.15) is 58.3 Å². The summed E-state index contributed by atoms with van der Waals surface area (Å²) in [5.74, 6) is -0.658. The Morgan fingerprint density at radius 1 is 1.13 bits per heavy atom. The monoisotopic (exact) mass is 429 g/mol. The number of hydrogen-bond donors (Lipinski definition) is 2. The Kier molecular flexibility index (Phi) is 7.15. The van der Waals surface area contributed by atoms with Crippen LogP contribution in [-0.2, 0) is 4.79 Å². The van der Waals surface area contributed by atoms with Crippen molar-refractivity contribution in [2.24, 2.45) is 5.92 Å². The Balaban J connectivity index is 1.54. The van der Waals surface area contributed by atoms with Gasteiger partial charge in [-0.05, 0) is 45.2 Å². The molecule has 1 fully saturated rings. The highest BCUT2D eigenvalue weighted by Gasteiger charge is 2.30. The van der Waals surface area contributed by atoms with Crippen LogP contribution in [-0.4, -0.2) is 52.0 Å². The molecule has 0 aliphatic carbocycles. The van der Waals surface area contributed by atoms with Crippen LogP contribution in [0.3, 0.4) is 0 Å². The molecule has 2 N–H and O–H groups in total. The van der Waals surface area contributed by atoms with Gasteiger partial charge >= 0.3 is 0 Å². The highest BCUT2D eigenvalue weighted by atomic mass is 32.1. The molecule has 160 valence electrons. The summed E-state index contributed by atoms with van der Waals surface area (Å²) >= 11 is 0.979. The maximum Gasteiger partial charge on any atom is 0.286 e. The van der Waals surface area contributed by atoms with Crippen LogP contribution in [0.15, 0.2) is 24.3 Å². The van der Waals surface area contributed by atoms with E-state index in [1.54, 1.807) is 4.90 Å². The van der Waals surface area contributed by atoms with Crippen molar-refractivity contribution in [3.05, 3.63) is 39.8 Å². The second kappa shape index (κ2) is 9.80. The van der Waals surface area contributed by atoms with Crippen LogP contribution < -0.4 is 10.6 Å². The zero-order chi connectivity index (χ0) is 21.7. The van der Waals surface area contributed by atoms with Gasteiger partial charge in [0.25, 0.3) is 11.8 Å². The van der Waals surface area contributed by atoms with Gasteiger partial charge in [-0.25, -0.2) is 0 Å². The molecule has 0 saturated carbocycles. The fourth-order valence-electron chi connectivity index (χ4n) is 3.17. The lowest BCUT2D eigenvalue weighted by Gasteiger charge is -2.31. The zero-order valence-electron chi connectivity index (χ0n) is 17.5. The largest absolute Gasteiger partial charge is 0.353 e. The molecule has 30 heavy (non-hydrogen) atoms. The van der Waals surface area contributed by atoms with Gasteiger partial charge in [0.2, 0.25) is 15.9 Å². The molecule has 1 aliphatic rings. The van der Waals surface area contributed by atoms with Crippen molar-refractivity contribution in [3.8, 4) is 0 Å². The summed E-state index contributed by atoms with van der Waals surface area (Å²) < 4.78 is 0. The van der Waals surface area contributed by atoms with E-state index >= 15 is 0 Å². The van der Waals surface area contributed by atoms with E-state index in [-0.39, 0.29) is 33.8 Å². The van der Waals surface area contributed by atoms with Crippen molar-refractivity contribution < 1.29 is 14.4 Å². The van der Waals surface area contributed by atoms with Gasteiger partial charge < -0.3 is 15.5 Å². The van der Waals surface area contributed by atoms with E-state index in [2.05, 4.69) is 20.8 Å². The molecule has 1 aromatic carbocycles. The van der Waals surface area contributed by atoms with Crippen LogP contribution >= 0.6 is 11.3 Å². The van der Waals surface area contributed by atoms with Crippen molar-refractivity contribution >= 4 is 34.7 Å². The Bertz CT molecular complexity index is 904. The fourth-order valence-corrected chi connectivity index (χ4v) is 3.87. The van der Waals surface area contributed by atoms with Gasteiger partial charge in [-0.2, -0.15) is 0 Å². The SMILES string of the molecule is CCC(C)NC(=O)C1CCN(C(=O)c2nnc(C(=O)Nc3ccc(C)cc3)s2)CC1. The standard InChI is InChI=1S/C21H27N5O3S/c1-4-14(3)22-17(27)15-9-11-26(12-10-15)21(29)20-25-24-19(30-20)18(28)23-16-7-5-13(2)6-8-16/h5-8,14-15H,4,9-12H2,1-3H3,(H,22,27)(H,23,28). The Morgan fingerprint density at radius 2 is 1.77 bits per heavy atom. The highest BCUT2D eigenvalue weighted by Crippen LogP contribution is 2.21. The molecule has 3 rings (SSSR count). The average molecular weight is 430 g/mol. The van der Waals surface area contributed by atoms with E-state index in [0.717, 1.165) is 23.3 Å². The van der Waals surface area contributed by atoms with Gasteiger partial charge in [0.1, 0.15) is 0 Å². The molecule has 1 aromatic heterocycles. The first-order valence-electron chi connectivity index (χ1n) is 10.2. The Labute approximate surface area is 180 Å². The third-order valence-electron chi connectivity index (χ3n) is 5.27. The van der Waals surface area contributed by atoms with E-state index < -0.39 is 5.91 Å². The summed E-state index contributed by atoms with van der Waals surface area (Å²) in [6, 6.07) is 7.57. The van der Waals surface area contributed by atoms with Crippen LogP contribution in [0.4, 0.5) is 5.69 Å². The summed E-state index contributed by atoms with van der Waals surface area (Å²) in [7, 11) is 0. The van der Waals surface area contributed by atoms with Gasteiger partial charge in [-0.3, -0.25) is 14.4 Å². The Morgan fingerprint density at radius 3 is 2.40 bits per heavy atom. The van der Waals surface area contributed by atoms with Gasteiger partial charge in [0.05, 0.1) is 0 Å². The van der Waals surface area contributed by atoms with Crippen LogP contribution in [0.5, 0.6) is 0 Å². The molecular formula is C21H27N5O3S. The number of likely N-dealkylation sites (tertiary alicyclic amines) is 1.